The molecule has 0 fully saturated rings. The van der Waals surface area contributed by atoms with Crippen LogP contribution < -0.4 is 4.90 Å². The first-order chi connectivity index (χ1) is 11.6. The smallest absolute Gasteiger partial charge is 0.348 e. The Bertz CT molecular complexity index is 852. The molecule has 0 atom stereocenters. The molecule has 4 heteroatoms. The molecule has 122 valence electrons. The summed E-state index contributed by atoms with van der Waals surface area (Å²) in [5.41, 5.74) is 4.53. The molecule has 0 aliphatic heterocycles. The number of rotatable bonds is 4. The Balaban J connectivity index is 2.09. The van der Waals surface area contributed by atoms with Gasteiger partial charge in [0.15, 0.2) is 0 Å². The van der Waals surface area contributed by atoms with Gasteiger partial charge in [-0.05, 0) is 55.8 Å². The molecule has 0 saturated carbocycles. The van der Waals surface area contributed by atoms with Crippen molar-refractivity contribution in [2.45, 2.75) is 13.8 Å². The van der Waals surface area contributed by atoms with Gasteiger partial charge in [0.2, 0.25) is 0 Å². The molecule has 24 heavy (non-hydrogen) atoms. The van der Waals surface area contributed by atoms with Crippen LogP contribution in [0.15, 0.2) is 60.7 Å². The number of hydrogen-bond acceptors (Lipinski definition) is 4. The molecule has 0 saturated heterocycles. The molecule has 0 spiro atoms. The van der Waals surface area contributed by atoms with E-state index in [1.54, 1.807) is 0 Å². The van der Waals surface area contributed by atoms with Gasteiger partial charge in [-0.3, -0.25) is 0 Å². The van der Waals surface area contributed by atoms with Crippen molar-refractivity contribution in [3.63, 3.8) is 0 Å². The predicted molar refractivity (Wildman–Crippen MR) is 99.8 cm³/mol. The lowest BCUT2D eigenvalue weighted by Gasteiger charge is -2.24. The Hall–Kier alpha value is -2.59. The molecular weight excluding hydrogens is 318 g/mol. The van der Waals surface area contributed by atoms with Crippen LogP contribution in [0.1, 0.15) is 20.8 Å². The zero-order chi connectivity index (χ0) is 17.1. The highest BCUT2D eigenvalue weighted by atomic mass is 32.1. The summed E-state index contributed by atoms with van der Waals surface area (Å²) in [5.74, 6) is -0.306. The van der Waals surface area contributed by atoms with Crippen molar-refractivity contribution in [2.75, 3.05) is 12.0 Å². The van der Waals surface area contributed by atoms with Gasteiger partial charge in [0.05, 0.1) is 7.11 Å². The lowest BCUT2D eigenvalue weighted by atomic mass is 10.1. The van der Waals surface area contributed by atoms with Gasteiger partial charge in [-0.25, -0.2) is 4.79 Å². The maximum atomic E-state index is 11.8. The fourth-order valence-electron chi connectivity index (χ4n) is 2.52. The molecular formula is C20H19NO2S. The zero-order valence-electron chi connectivity index (χ0n) is 13.9. The summed E-state index contributed by atoms with van der Waals surface area (Å²) in [6.07, 6.45) is 0. The number of nitrogens with zero attached hydrogens (tertiary/aromatic N) is 1. The van der Waals surface area contributed by atoms with Crippen LogP contribution >= 0.6 is 11.3 Å². The Morgan fingerprint density at radius 3 is 2.33 bits per heavy atom. The van der Waals surface area contributed by atoms with Gasteiger partial charge in [0.25, 0.3) is 0 Å². The Morgan fingerprint density at radius 1 is 0.917 bits per heavy atom. The number of ether oxygens (including phenoxy) is 1. The number of anilines is 3. The number of esters is 1. The SMILES string of the molecule is COC(=O)c1ccc(N(c2ccc(C)cc2)c2cccc(C)c2)s1. The quantitative estimate of drug-likeness (QED) is 0.579. The predicted octanol–water partition coefficient (Wildman–Crippen LogP) is 5.62. The van der Waals surface area contributed by atoms with Gasteiger partial charge in [0.1, 0.15) is 9.88 Å². The van der Waals surface area contributed by atoms with E-state index in [0.29, 0.717) is 4.88 Å². The Morgan fingerprint density at radius 2 is 1.67 bits per heavy atom. The van der Waals surface area contributed by atoms with Crippen molar-refractivity contribution >= 4 is 33.7 Å². The summed E-state index contributed by atoms with van der Waals surface area (Å²) in [5, 5.41) is 0.977. The summed E-state index contributed by atoms with van der Waals surface area (Å²) in [6, 6.07) is 20.5. The van der Waals surface area contributed by atoms with E-state index >= 15 is 0 Å². The summed E-state index contributed by atoms with van der Waals surface area (Å²) in [7, 11) is 1.40. The molecule has 0 radical (unpaired) electrons. The van der Waals surface area contributed by atoms with Gasteiger partial charge in [-0.1, -0.05) is 29.8 Å². The molecule has 1 aromatic heterocycles. The van der Waals surface area contributed by atoms with Crippen molar-refractivity contribution in [3.05, 3.63) is 76.7 Å². The molecule has 0 amide bonds. The van der Waals surface area contributed by atoms with Crippen molar-refractivity contribution in [2.24, 2.45) is 0 Å². The van der Waals surface area contributed by atoms with E-state index < -0.39 is 0 Å². The maximum Gasteiger partial charge on any atom is 0.348 e. The second-order valence-electron chi connectivity index (χ2n) is 5.64. The molecule has 3 rings (SSSR count). The van der Waals surface area contributed by atoms with Crippen LogP contribution in [0.4, 0.5) is 16.4 Å². The minimum absolute atomic E-state index is 0.306. The fourth-order valence-corrected chi connectivity index (χ4v) is 3.49. The second kappa shape index (κ2) is 6.89. The van der Waals surface area contributed by atoms with Crippen LogP contribution in [0, 0.1) is 13.8 Å². The first kappa shape index (κ1) is 16.3. The van der Waals surface area contributed by atoms with E-state index in [0.717, 1.165) is 16.4 Å². The minimum atomic E-state index is -0.306. The molecule has 3 aromatic rings. The highest BCUT2D eigenvalue weighted by Gasteiger charge is 2.17. The van der Waals surface area contributed by atoms with Crippen LogP contribution in [-0.2, 0) is 4.74 Å². The average Bonchev–Trinajstić information content (AvgIpc) is 3.06. The molecule has 0 bridgehead atoms. The summed E-state index contributed by atoms with van der Waals surface area (Å²) in [6.45, 7) is 4.15. The first-order valence-electron chi connectivity index (χ1n) is 7.70. The number of carbonyl (C=O) groups excluding carboxylic acids is 1. The highest BCUT2D eigenvalue weighted by Crippen LogP contribution is 2.39. The fraction of sp³-hybridized carbons (Fsp3) is 0.150. The van der Waals surface area contributed by atoms with E-state index in [1.807, 2.05) is 18.2 Å². The first-order valence-corrected chi connectivity index (χ1v) is 8.52. The van der Waals surface area contributed by atoms with Crippen LogP contribution in [-0.4, -0.2) is 13.1 Å². The number of benzene rings is 2. The summed E-state index contributed by atoms with van der Waals surface area (Å²) in [4.78, 5) is 14.5. The van der Waals surface area contributed by atoms with Crippen molar-refractivity contribution in [1.82, 2.24) is 0 Å². The number of carbonyl (C=O) groups is 1. The van der Waals surface area contributed by atoms with Gasteiger partial charge < -0.3 is 9.64 Å². The number of hydrogen-bond donors (Lipinski definition) is 0. The van der Waals surface area contributed by atoms with Crippen molar-refractivity contribution in [1.29, 1.82) is 0 Å². The zero-order valence-corrected chi connectivity index (χ0v) is 14.8. The third kappa shape index (κ3) is 3.34. The van der Waals surface area contributed by atoms with Crippen LogP contribution in [0.3, 0.4) is 0 Å². The van der Waals surface area contributed by atoms with Gasteiger partial charge >= 0.3 is 5.97 Å². The standard InChI is InChI=1S/C20H19NO2S/c1-14-7-9-16(10-8-14)21(17-6-4-5-15(2)13-17)19-12-11-18(24-19)20(22)23-3/h4-13H,1-3H3. The third-order valence-corrected chi connectivity index (χ3v) is 4.80. The molecule has 0 aliphatic rings. The van der Waals surface area contributed by atoms with E-state index in [1.165, 1.54) is 29.6 Å². The molecule has 0 aliphatic carbocycles. The van der Waals surface area contributed by atoms with Gasteiger partial charge in [-0.2, -0.15) is 0 Å². The lowest BCUT2D eigenvalue weighted by molar-refractivity contribution is 0.0606. The molecule has 0 N–H and O–H groups in total. The Kier molecular flexibility index (Phi) is 4.67. The molecule has 1 heterocycles. The summed E-state index contributed by atoms with van der Waals surface area (Å²) < 4.78 is 4.83. The van der Waals surface area contributed by atoms with E-state index in [-0.39, 0.29) is 5.97 Å². The maximum absolute atomic E-state index is 11.8. The van der Waals surface area contributed by atoms with Gasteiger partial charge in [0, 0.05) is 11.4 Å². The number of thiophene rings is 1. The second-order valence-corrected chi connectivity index (χ2v) is 6.70. The van der Waals surface area contributed by atoms with Crippen molar-refractivity contribution < 1.29 is 9.53 Å². The van der Waals surface area contributed by atoms with Crippen LogP contribution in [0.2, 0.25) is 0 Å². The third-order valence-electron chi connectivity index (χ3n) is 3.75. The number of aryl methyl sites for hydroxylation is 2. The van der Waals surface area contributed by atoms with E-state index in [4.69, 9.17) is 4.74 Å². The monoisotopic (exact) mass is 337 g/mol. The van der Waals surface area contributed by atoms with E-state index in [9.17, 15) is 4.79 Å². The minimum Gasteiger partial charge on any atom is -0.465 e. The van der Waals surface area contributed by atoms with Crippen molar-refractivity contribution in [3.8, 4) is 0 Å². The van der Waals surface area contributed by atoms with Gasteiger partial charge in [-0.15, -0.1) is 11.3 Å². The molecule has 2 aromatic carbocycles. The van der Waals surface area contributed by atoms with E-state index in [2.05, 4.69) is 61.2 Å². The summed E-state index contributed by atoms with van der Waals surface area (Å²) >= 11 is 1.42. The van der Waals surface area contributed by atoms with Crippen LogP contribution in [0.25, 0.3) is 0 Å². The molecule has 3 nitrogen and oxygen atoms in total. The lowest BCUT2D eigenvalue weighted by Crippen LogP contribution is -2.08. The number of methoxy groups -OCH3 is 1. The topological polar surface area (TPSA) is 29.5 Å². The average molecular weight is 337 g/mol. The highest BCUT2D eigenvalue weighted by molar-refractivity contribution is 7.18. The van der Waals surface area contributed by atoms with Crippen LogP contribution in [0.5, 0.6) is 0 Å². The largest absolute Gasteiger partial charge is 0.465 e. The normalized spacial score (nSPS) is 10.5. The Labute approximate surface area is 146 Å². The molecule has 0 unspecified atom stereocenters.